The minimum Gasteiger partial charge on any atom is -0.340 e. The highest BCUT2D eigenvalue weighted by molar-refractivity contribution is 5.97. The maximum absolute atomic E-state index is 12.8. The highest BCUT2D eigenvalue weighted by Gasteiger charge is 2.32. The SMILES string of the molecule is CC(C(F)F)C(NC(=O)c1ccc(C#CC2CN2C)cc1)C(=O)NO. The van der Waals surface area contributed by atoms with E-state index in [1.54, 1.807) is 12.1 Å². The van der Waals surface area contributed by atoms with Gasteiger partial charge < -0.3 is 5.32 Å². The largest absolute Gasteiger partial charge is 0.340 e. The number of alkyl halides is 2. The van der Waals surface area contributed by atoms with E-state index in [9.17, 15) is 18.4 Å². The number of benzene rings is 1. The molecule has 134 valence electrons. The summed E-state index contributed by atoms with van der Waals surface area (Å²) in [5.41, 5.74) is 2.22. The van der Waals surface area contributed by atoms with E-state index in [4.69, 9.17) is 5.21 Å². The van der Waals surface area contributed by atoms with Gasteiger partial charge in [-0.1, -0.05) is 18.8 Å². The van der Waals surface area contributed by atoms with Crippen LogP contribution in [-0.2, 0) is 4.79 Å². The van der Waals surface area contributed by atoms with Crippen LogP contribution in [0.3, 0.4) is 0 Å². The minimum absolute atomic E-state index is 0.200. The first-order valence-corrected chi connectivity index (χ1v) is 7.68. The van der Waals surface area contributed by atoms with Crippen molar-refractivity contribution in [1.82, 2.24) is 15.7 Å². The maximum Gasteiger partial charge on any atom is 0.266 e. The van der Waals surface area contributed by atoms with Crippen molar-refractivity contribution in [1.29, 1.82) is 0 Å². The van der Waals surface area contributed by atoms with Crippen LogP contribution in [0.4, 0.5) is 8.78 Å². The van der Waals surface area contributed by atoms with E-state index in [-0.39, 0.29) is 11.6 Å². The zero-order chi connectivity index (χ0) is 18.6. The van der Waals surface area contributed by atoms with Gasteiger partial charge in [0.1, 0.15) is 6.04 Å². The normalized spacial score (nSPS) is 20.9. The Morgan fingerprint density at radius 2 is 1.92 bits per heavy atom. The molecule has 25 heavy (non-hydrogen) atoms. The number of carbonyl (C=O) groups excluding carboxylic acids is 2. The number of nitrogens with zero attached hydrogens (tertiary/aromatic N) is 1. The first kappa shape index (κ1) is 18.8. The molecule has 2 rings (SSSR count). The molecule has 1 fully saturated rings. The second-order valence-electron chi connectivity index (χ2n) is 5.92. The Labute approximate surface area is 144 Å². The summed E-state index contributed by atoms with van der Waals surface area (Å²) in [5, 5.41) is 10.9. The van der Waals surface area contributed by atoms with Crippen LogP contribution < -0.4 is 10.8 Å². The summed E-state index contributed by atoms with van der Waals surface area (Å²) in [4.78, 5) is 25.8. The molecule has 4 atom stereocenters. The molecule has 1 aromatic carbocycles. The summed E-state index contributed by atoms with van der Waals surface area (Å²) in [6, 6.07) is 4.98. The second-order valence-corrected chi connectivity index (χ2v) is 5.92. The van der Waals surface area contributed by atoms with Crippen LogP contribution in [0.1, 0.15) is 22.8 Å². The van der Waals surface area contributed by atoms with E-state index >= 15 is 0 Å². The molecule has 0 spiro atoms. The van der Waals surface area contributed by atoms with Gasteiger partial charge in [0.2, 0.25) is 6.43 Å². The topological polar surface area (TPSA) is 81.4 Å². The highest BCUT2D eigenvalue weighted by Crippen LogP contribution is 2.15. The Morgan fingerprint density at radius 3 is 2.40 bits per heavy atom. The van der Waals surface area contributed by atoms with Crippen LogP contribution in [0.25, 0.3) is 0 Å². The van der Waals surface area contributed by atoms with E-state index in [1.807, 2.05) is 7.05 Å². The molecule has 1 saturated heterocycles. The number of hydrogen-bond acceptors (Lipinski definition) is 4. The third-order valence-corrected chi connectivity index (χ3v) is 3.99. The summed E-state index contributed by atoms with van der Waals surface area (Å²) in [6.07, 6.45) is -2.83. The van der Waals surface area contributed by atoms with Crippen molar-refractivity contribution in [3.63, 3.8) is 0 Å². The summed E-state index contributed by atoms with van der Waals surface area (Å²) in [5.74, 6) is 2.80. The highest BCUT2D eigenvalue weighted by atomic mass is 19.3. The average molecular weight is 351 g/mol. The Kier molecular flexibility index (Phi) is 6.07. The Bertz CT molecular complexity index is 697. The molecule has 0 aliphatic carbocycles. The zero-order valence-corrected chi connectivity index (χ0v) is 13.8. The molecule has 0 radical (unpaired) electrons. The molecule has 1 aliphatic heterocycles. The number of hydroxylamine groups is 1. The quantitative estimate of drug-likeness (QED) is 0.318. The predicted octanol–water partition coefficient (Wildman–Crippen LogP) is 0.857. The number of amides is 2. The van der Waals surface area contributed by atoms with Crippen molar-refractivity contribution in [2.75, 3.05) is 13.6 Å². The first-order chi connectivity index (χ1) is 11.8. The van der Waals surface area contributed by atoms with Crippen molar-refractivity contribution in [3.05, 3.63) is 35.4 Å². The molecular weight excluding hydrogens is 332 g/mol. The monoisotopic (exact) mass is 351 g/mol. The van der Waals surface area contributed by atoms with Crippen LogP contribution >= 0.6 is 0 Å². The maximum atomic E-state index is 12.8. The molecule has 2 amide bonds. The summed E-state index contributed by atoms with van der Waals surface area (Å²) in [6.45, 7) is 2.04. The molecule has 4 unspecified atom stereocenters. The van der Waals surface area contributed by atoms with Gasteiger partial charge in [0, 0.05) is 23.6 Å². The van der Waals surface area contributed by atoms with E-state index in [1.165, 1.54) is 17.6 Å². The molecule has 0 aromatic heterocycles. The van der Waals surface area contributed by atoms with E-state index in [0.717, 1.165) is 19.0 Å². The zero-order valence-electron chi connectivity index (χ0n) is 13.8. The molecule has 1 heterocycles. The number of hydrogen-bond donors (Lipinski definition) is 3. The molecular formula is C17H19F2N3O3. The number of likely N-dealkylation sites (N-methyl/N-ethyl adjacent to an activating group) is 1. The third-order valence-electron chi connectivity index (χ3n) is 3.99. The van der Waals surface area contributed by atoms with Gasteiger partial charge in [0.25, 0.3) is 11.8 Å². The molecule has 0 saturated carbocycles. The van der Waals surface area contributed by atoms with Gasteiger partial charge in [-0.25, -0.2) is 14.3 Å². The fourth-order valence-corrected chi connectivity index (χ4v) is 2.13. The van der Waals surface area contributed by atoms with Crippen molar-refractivity contribution < 1.29 is 23.6 Å². The molecule has 1 aromatic rings. The number of nitrogens with one attached hydrogen (secondary N) is 2. The Hall–Kier alpha value is -2.50. The Morgan fingerprint density at radius 1 is 1.32 bits per heavy atom. The predicted molar refractivity (Wildman–Crippen MR) is 86.1 cm³/mol. The fourth-order valence-electron chi connectivity index (χ4n) is 2.13. The van der Waals surface area contributed by atoms with E-state index < -0.39 is 30.2 Å². The third kappa shape index (κ3) is 4.98. The number of carbonyl (C=O) groups is 2. The molecule has 6 nitrogen and oxygen atoms in total. The van der Waals surface area contributed by atoms with Crippen molar-refractivity contribution in [2.24, 2.45) is 5.92 Å². The van der Waals surface area contributed by atoms with Crippen LogP contribution in [-0.4, -0.2) is 54.0 Å². The van der Waals surface area contributed by atoms with Gasteiger partial charge in [-0.2, -0.15) is 0 Å². The van der Waals surface area contributed by atoms with Gasteiger partial charge in [-0.3, -0.25) is 19.7 Å². The lowest BCUT2D eigenvalue weighted by atomic mass is 10.0. The molecule has 0 bridgehead atoms. The van der Waals surface area contributed by atoms with Gasteiger partial charge in [-0.15, -0.1) is 0 Å². The smallest absolute Gasteiger partial charge is 0.266 e. The lowest BCUT2D eigenvalue weighted by Gasteiger charge is -2.22. The Balaban J connectivity index is 2.05. The standard InChI is InChI=1S/C17H19F2N3O3/c1-10(15(18)19)14(17(24)21-25)20-16(23)12-6-3-11(4-7-12)5-8-13-9-22(13)2/h3-4,6-7,10,13-15,25H,9H2,1-2H3,(H,20,23)(H,21,24). The lowest BCUT2D eigenvalue weighted by molar-refractivity contribution is -0.134. The minimum atomic E-state index is -2.83. The van der Waals surface area contributed by atoms with E-state index in [0.29, 0.717) is 0 Å². The molecule has 8 heteroatoms. The van der Waals surface area contributed by atoms with Crippen molar-refractivity contribution in [2.45, 2.75) is 25.4 Å². The van der Waals surface area contributed by atoms with Gasteiger partial charge in [-0.05, 0) is 31.3 Å². The van der Waals surface area contributed by atoms with Gasteiger partial charge in [0.05, 0.1) is 6.04 Å². The van der Waals surface area contributed by atoms with Gasteiger partial charge in [0.15, 0.2) is 0 Å². The summed E-state index contributed by atoms with van der Waals surface area (Å²) < 4.78 is 25.7. The van der Waals surface area contributed by atoms with Crippen LogP contribution in [0, 0.1) is 17.8 Å². The first-order valence-electron chi connectivity index (χ1n) is 7.68. The van der Waals surface area contributed by atoms with Crippen molar-refractivity contribution in [3.8, 4) is 11.8 Å². The van der Waals surface area contributed by atoms with Gasteiger partial charge >= 0.3 is 0 Å². The van der Waals surface area contributed by atoms with E-state index in [2.05, 4.69) is 22.1 Å². The van der Waals surface area contributed by atoms with Crippen molar-refractivity contribution >= 4 is 11.8 Å². The van der Waals surface area contributed by atoms with Crippen LogP contribution in [0.5, 0.6) is 0 Å². The summed E-state index contributed by atoms with van der Waals surface area (Å²) in [7, 11) is 1.96. The molecule has 1 aliphatic rings. The number of halogens is 2. The van der Waals surface area contributed by atoms with Crippen LogP contribution in [0.15, 0.2) is 24.3 Å². The number of rotatable bonds is 5. The fraction of sp³-hybridized carbons (Fsp3) is 0.412. The second kappa shape index (κ2) is 8.05. The molecule has 3 N–H and O–H groups in total. The van der Waals surface area contributed by atoms with Crippen LogP contribution in [0.2, 0.25) is 0 Å². The summed E-state index contributed by atoms with van der Waals surface area (Å²) >= 11 is 0. The average Bonchev–Trinajstić information content (AvgIpc) is 3.32. The lowest BCUT2D eigenvalue weighted by Crippen LogP contribution is -2.51.